The minimum absolute atomic E-state index is 0.0226. The molecule has 0 unspecified atom stereocenters. The van der Waals surface area contributed by atoms with E-state index in [-0.39, 0.29) is 23.3 Å². The Morgan fingerprint density at radius 1 is 1.12 bits per heavy atom. The summed E-state index contributed by atoms with van der Waals surface area (Å²) in [6.45, 7) is 2.61. The van der Waals surface area contributed by atoms with Crippen LogP contribution >= 0.6 is 0 Å². The van der Waals surface area contributed by atoms with Gasteiger partial charge >= 0.3 is 0 Å². The zero-order chi connectivity index (χ0) is 18.7. The third-order valence-electron chi connectivity index (χ3n) is 4.78. The Morgan fingerprint density at radius 3 is 2.38 bits per heavy atom. The number of ketones is 1. The normalized spacial score (nSPS) is 16.5. The number of nitrogens with zero attached hydrogens (tertiary/aromatic N) is 1. The number of aryl methyl sites for hydroxylation is 1. The summed E-state index contributed by atoms with van der Waals surface area (Å²) in [7, 11) is -3.40. The number of piperidine rings is 1. The van der Waals surface area contributed by atoms with Gasteiger partial charge in [-0.15, -0.1) is 0 Å². The molecule has 0 N–H and O–H groups in total. The molecule has 1 saturated heterocycles. The summed E-state index contributed by atoms with van der Waals surface area (Å²) < 4.78 is 39.8. The van der Waals surface area contributed by atoms with Crippen molar-refractivity contribution in [3.8, 4) is 0 Å². The van der Waals surface area contributed by atoms with Gasteiger partial charge in [0.05, 0.1) is 5.75 Å². The maximum absolute atomic E-state index is 13.0. The third-order valence-corrected chi connectivity index (χ3v) is 6.63. The van der Waals surface area contributed by atoms with E-state index < -0.39 is 10.0 Å². The lowest BCUT2D eigenvalue weighted by Gasteiger charge is -2.30. The van der Waals surface area contributed by atoms with E-state index in [9.17, 15) is 17.6 Å². The molecule has 0 spiro atoms. The summed E-state index contributed by atoms with van der Waals surface area (Å²) in [5, 5.41) is 0. The van der Waals surface area contributed by atoms with Crippen LogP contribution in [-0.2, 0) is 15.8 Å². The molecule has 0 radical (unpaired) electrons. The summed E-state index contributed by atoms with van der Waals surface area (Å²) in [4.78, 5) is 12.5. The van der Waals surface area contributed by atoms with Crippen molar-refractivity contribution >= 4 is 15.8 Å². The second kappa shape index (κ2) is 7.68. The Morgan fingerprint density at radius 2 is 1.77 bits per heavy atom. The maximum Gasteiger partial charge on any atom is 0.218 e. The molecular formula is C20H22FNO3S. The van der Waals surface area contributed by atoms with Crippen LogP contribution in [0, 0.1) is 18.7 Å². The SMILES string of the molecule is Cc1cccc(CS(=O)(=O)N2CCC(C(=O)c3ccc(F)cc3)CC2)c1. The molecule has 1 aliphatic rings. The van der Waals surface area contributed by atoms with Gasteiger partial charge in [0.2, 0.25) is 10.0 Å². The number of Topliss-reactive ketones (excluding diaryl/α,β-unsaturated/α-hetero) is 1. The van der Waals surface area contributed by atoms with Crippen LogP contribution in [0.2, 0.25) is 0 Å². The molecule has 138 valence electrons. The van der Waals surface area contributed by atoms with Crippen molar-refractivity contribution in [2.75, 3.05) is 13.1 Å². The van der Waals surface area contributed by atoms with Crippen molar-refractivity contribution in [3.05, 3.63) is 71.0 Å². The first-order valence-electron chi connectivity index (χ1n) is 8.68. The van der Waals surface area contributed by atoms with Gasteiger partial charge in [0.1, 0.15) is 5.82 Å². The topological polar surface area (TPSA) is 54.5 Å². The summed E-state index contributed by atoms with van der Waals surface area (Å²) in [6.07, 6.45) is 0.979. The van der Waals surface area contributed by atoms with Gasteiger partial charge in [-0.25, -0.2) is 17.1 Å². The molecule has 2 aromatic rings. The average molecular weight is 375 g/mol. The van der Waals surface area contributed by atoms with Gasteiger partial charge in [0, 0.05) is 24.6 Å². The third kappa shape index (κ3) is 4.37. The number of sulfonamides is 1. The Kier molecular flexibility index (Phi) is 5.53. The molecule has 26 heavy (non-hydrogen) atoms. The molecule has 1 fully saturated rings. The fourth-order valence-corrected chi connectivity index (χ4v) is 4.90. The molecule has 4 nitrogen and oxygen atoms in total. The Balaban J connectivity index is 1.62. The number of benzene rings is 2. The van der Waals surface area contributed by atoms with Crippen LogP contribution in [0.25, 0.3) is 0 Å². The highest BCUT2D eigenvalue weighted by Crippen LogP contribution is 2.25. The van der Waals surface area contributed by atoms with Gasteiger partial charge in [-0.3, -0.25) is 4.79 Å². The van der Waals surface area contributed by atoms with E-state index in [4.69, 9.17) is 0 Å². The molecule has 0 aromatic heterocycles. The van der Waals surface area contributed by atoms with Gasteiger partial charge in [-0.05, 0) is 49.6 Å². The van der Waals surface area contributed by atoms with Crippen LogP contribution in [0.3, 0.4) is 0 Å². The van der Waals surface area contributed by atoms with Gasteiger partial charge in [0.25, 0.3) is 0 Å². The fourth-order valence-electron chi connectivity index (χ4n) is 3.35. The molecular weight excluding hydrogens is 353 g/mol. The zero-order valence-electron chi connectivity index (χ0n) is 14.7. The Bertz CT molecular complexity index is 886. The van der Waals surface area contributed by atoms with E-state index in [2.05, 4.69) is 0 Å². The molecule has 0 saturated carbocycles. The van der Waals surface area contributed by atoms with Crippen molar-refractivity contribution in [2.45, 2.75) is 25.5 Å². The van der Waals surface area contributed by atoms with Crippen LogP contribution in [0.4, 0.5) is 4.39 Å². The molecule has 6 heteroatoms. The van der Waals surface area contributed by atoms with E-state index >= 15 is 0 Å². The largest absolute Gasteiger partial charge is 0.294 e. The fraction of sp³-hybridized carbons (Fsp3) is 0.350. The monoisotopic (exact) mass is 375 g/mol. The summed E-state index contributed by atoms with van der Waals surface area (Å²) in [6, 6.07) is 13.0. The molecule has 3 rings (SSSR count). The van der Waals surface area contributed by atoms with Gasteiger partial charge in [0.15, 0.2) is 5.78 Å². The van der Waals surface area contributed by atoms with Crippen LogP contribution < -0.4 is 0 Å². The lowest BCUT2D eigenvalue weighted by atomic mass is 9.90. The maximum atomic E-state index is 13.0. The van der Waals surface area contributed by atoms with E-state index in [1.165, 1.54) is 28.6 Å². The van der Waals surface area contributed by atoms with Crippen LogP contribution in [0.1, 0.15) is 34.3 Å². The highest BCUT2D eigenvalue weighted by molar-refractivity contribution is 7.88. The van der Waals surface area contributed by atoms with E-state index in [1.54, 1.807) is 0 Å². The zero-order valence-corrected chi connectivity index (χ0v) is 15.5. The van der Waals surface area contributed by atoms with Gasteiger partial charge in [-0.2, -0.15) is 0 Å². The number of hydrogen-bond donors (Lipinski definition) is 0. The number of hydrogen-bond acceptors (Lipinski definition) is 3. The Labute approximate surface area is 153 Å². The van der Waals surface area contributed by atoms with E-state index in [1.807, 2.05) is 31.2 Å². The highest BCUT2D eigenvalue weighted by atomic mass is 32.2. The van der Waals surface area contributed by atoms with Crippen molar-refractivity contribution < 1.29 is 17.6 Å². The first-order chi connectivity index (χ1) is 12.3. The number of halogens is 1. The standard InChI is InChI=1S/C20H22FNO3S/c1-15-3-2-4-16(13-15)14-26(24,25)22-11-9-18(10-12-22)20(23)17-5-7-19(21)8-6-17/h2-8,13,18H,9-12,14H2,1H3. The minimum Gasteiger partial charge on any atom is -0.294 e. The molecule has 2 aromatic carbocycles. The minimum atomic E-state index is -3.40. The molecule has 0 aliphatic carbocycles. The van der Waals surface area contributed by atoms with E-state index in [0.29, 0.717) is 31.5 Å². The second-order valence-electron chi connectivity index (χ2n) is 6.79. The Hall–Kier alpha value is -2.05. The van der Waals surface area contributed by atoms with Gasteiger partial charge < -0.3 is 0 Å². The summed E-state index contributed by atoms with van der Waals surface area (Å²) >= 11 is 0. The first kappa shape index (κ1) is 18.7. The lowest BCUT2D eigenvalue weighted by Crippen LogP contribution is -2.40. The summed E-state index contributed by atoms with van der Waals surface area (Å²) in [5.74, 6) is -0.657. The quantitative estimate of drug-likeness (QED) is 0.751. The number of carbonyl (C=O) groups is 1. The lowest BCUT2D eigenvalue weighted by molar-refractivity contribution is 0.0875. The molecule has 0 amide bonds. The summed E-state index contributed by atoms with van der Waals surface area (Å²) in [5.41, 5.74) is 2.28. The van der Waals surface area contributed by atoms with Crippen LogP contribution in [0.15, 0.2) is 48.5 Å². The van der Waals surface area contributed by atoms with Crippen molar-refractivity contribution in [2.24, 2.45) is 5.92 Å². The molecule has 1 aliphatic heterocycles. The number of carbonyl (C=O) groups excluding carboxylic acids is 1. The average Bonchev–Trinajstić information content (AvgIpc) is 2.61. The predicted molar refractivity (Wildman–Crippen MR) is 98.8 cm³/mol. The van der Waals surface area contributed by atoms with E-state index in [0.717, 1.165) is 11.1 Å². The van der Waals surface area contributed by atoms with Crippen molar-refractivity contribution in [1.29, 1.82) is 0 Å². The predicted octanol–water partition coefficient (Wildman–Crippen LogP) is 3.56. The second-order valence-corrected chi connectivity index (χ2v) is 8.76. The molecule has 1 heterocycles. The van der Waals surface area contributed by atoms with Gasteiger partial charge in [-0.1, -0.05) is 29.8 Å². The molecule has 0 atom stereocenters. The van der Waals surface area contributed by atoms with Crippen molar-refractivity contribution in [1.82, 2.24) is 4.31 Å². The first-order valence-corrected chi connectivity index (χ1v) is 10.3. The van der Waals surface area contributed by atoms with Crippen LogP contribution in [0.5, 0.6) is 0 Å². The number of rotatable bonds is 5. The molecule has 0 bridgehead atoms. The smallest absolute Gasteiger partial charge is 0.218 e. The highest BCUT2D eigenvalue weighted by Gasteiger charge is 2.31. The van der Waals surface area contributed by atoms with Crippen LogP contribution in [-0.4, -0.2) is 31.6 Å². The van der Waals surface area contributed by atoms with Crippen molar-refractivity contribution in [3.63, 3.8) is 0 Å².